The third kappa shape index (κ3) is 1.57. The normalized spacial score (nSPS) is 25.6. The van der Waals surface area contributed by atoms with Crippen LogP contribution < -0.4 is 0 Å². The summed E-state index contributed by atoms with van der Waals surface area (Å²) >= 11 is 0. The molecular formula is C7H10O3. The molecule has 3 nitrogen and oxygen atoms in total. The lowest BCUT2D eigenvalue weighted by atomic mass is 10.2. The van der Waals surface area contributed by atoms with Crippen molar-refractivity contribution in [3.63, 3.8) is 0 Å². The van der Waals surface area contributed by atoms with Gasteiger partial charge in [-0.3, -0.25) is 0 Å². The molecule has 1 atom stereocenters. The lowest BCUT2D eigenvalue weighted by molar-refractivity contribution is -0.170. The largest absolute Gasteiger partial charge is 0.461 e. The molecule has 0 radical (unpaired) electrons. The topological polar surface area (TPSA) is 35.5 Å². The van der Waals surface area contributed by atoms with Crippen LogP contribution >= 0.6 is 0 Å². The molecule has 1 saturated heterocycles. The molecule has 56 valence electrons. The van der Waals surface area contributed by atoms with Gasteiger partial charge >= 0.3 is 5.97 Å². The smallest absolute Gasteiger partial charge is 0.335 e. The molecule has 1 aliphatic rings. The quantitative estimate of drug-likeness (QED) is 0.416. The highest BCUT2D eigenvalue weighted by atomic mass is 16.6. The Balaban J connectivity index is 2.39. The monoisotopic (exact) mass is 142 g/mol. The van der Waals surface area contributed by atoms with E-state index in [1.165, 1.54) is 0 Å². The van der Waals surface area contributed by atoms with Crippen molar-refractivity contribution in [3.8, 4) is 0 Å². The van der Waals surface area contributed by atoms with E-state index in [-0.39, 0.29) is 5.97 Å². The average molecular weight is 142 g/mol. The second-order valence-electron chi connectivity index (χ2n) is 2.05. The molecule has 0 aliphatic carbocycles. The Kier molecular flexibility index (Phi) is 2.45. The maximum Gasteiger partial charge on any atom is 0.335 e. The summed E-state index contributed by atoms with van der Waals surface area (Å²) in [6, 6.07) is 0. The van der Waals surface area contributed by atoms with E-state index in [9.17, 15) is 4.79 Å². The molecule has 0 N–H and O–H groups in total. The second-order valence-corrected chi connectivity index (χ2v) is 2.05. The van der Waals surface area contributed by atoms with E-state index in [0.717, 1.165) is 0 Å². The number of esters is 1. The van der Waals surface area contributed by atoms with Crippen molar-refractivity contribution in [2.24, 2.45) is 0 Å². The molecule has 10 heavy (non-hydrogen) atoms. The van der Waals surface area contributed by atoms with Crippen LogP contribution in [0.3, 0.4) is 0 Å². The first kappa shape index (κ1) is 7.28. The summed E-state index contributed by atoms with van der Waals surface area (Å²) in [5, 5.41) is 0. The summed E-state index contributed by atoms with van der Waals surface area (Å²) in [7, 11) is 0. The number of ether oxygens (including phenoxy) is 2. The molecule has 0 amide bonds. The van der Waals surface area contributed by atoms with Crippen molar-refractivity contribution in [1.29, 1.82) is 0 Å². The van der Waals surface area contributed by atoms with Gasteiger partial charge in [-0.1, -0.05) is 6.08 Å². The van der Waals surface area contributed by atoms with Crippen molar-refractivity contribution in [2.75, 3.05) is 13.2 Å². The van der Waals surface area contributed by atoms with Crippen LogP contribution in [0, 0.1) is 0 Å². The first-order valence-corrected chi connectivity index (χ1v) is 3.23. The van der Waals surface area contributed by atoms with E-state index in [1.54, 1.807) is 6.08 Å². The Morgan fingerprint density at radius 3 is 3.10 bits per heavy atom. The summed E-state index contributed by atoms with van der Waals surface area (Å²) in [5.74, 6) is -0.272. The number of hydrogen-bond donors (Lipinski definition) is 0. The van der Waals surface area contributed by atoms with Crippen LogP contribution in [0.4, 0.5) is 0 Å². The predicted octanol–water partition coefficient (Wildman–Crippen LogP) is 0.504. The van der Waals surface area contributed by atoms with Crippen molar-refractivity contribution in [2.45, 2.75) is 12.5 Å². The second kappa shape index (κ2) is 3.37. The van der Waals surface area contributed by atoms with Gasteiger partial charge in [0.25, 0.3) is 0 Å². The SMILES string of the molecule is C=CCC1OCCOC1=O. The number of hydrogen-bond acceptors (Lipinski definition) is 3. The lowest BCUT2D eigenvalue weighted by Gasteiger charge is -2.19. The van der Waals surface area contributed by atoms with Gasteiger partial charge in [0, 0.05) is 6.42 Å². The van der Waals surface area contributed by atoms with Gasteiger partial charge in [0.1, 0.15) is 6.61 Å². The standard InChI is InChI=1S/C7H10O3/c1-2-3-6-7(8)10-5-4-9-6/h2,6H,1,3-5H2. The van der Waals surface area contributed by atoms with Crippen molar-refractivity contribution >= 4 is 5.97 Å². The van der Waals surface area contributed by atoms with Gasteiger partial charge in [0.15, 0.2) is 6.10 Å². The Morgan fingerprint density at radius 1 is 1.70 bits per heavy atom. The highest BCUT2D eigenvalue weighted by Gasteiger charge is 2.22. The van der Waals surface area contributed by atoms with Crippen molar-refractivity contribution in [3.05, 3.63) is 12.7 Å². The van der Waals surface area contributed by atoms with Crippen molar-refractivity contribution < 1.29 is 14.3 Å². The molecule has 0 aromatic heterocycles. The van der Waals surface area contributed by atoms with E-state index in [0.29, 0.717) is 19.6 Å². The molecule has 1 unspecified atom stereocenters. The molecular weight excluding hydrogens is 132 g/mol. The number of rotatable bonds is 2. The third-order valence-electron chi connectivity index (χ3n) is 1.29. The Bertz CT molecular complexity index is 142. The Hall–Kier alpha value is -0.830. The lowest BCUT2D eigenvalue weighted by Crippen LogP contribution is -2.33. The van der Waals surface area contributed by atoms with E-state index in [2.05, 4.69) is 6.58 Å². The van der Waals surface area contributed by atoms with E-state index in [4.69, 9.17) is 9.47 Å². The van der Waals surface area contributed by atoms with Crippen LogP contribution in [0.1, 0.15) is 6.42 Å². The highest BCUT2D eigenvalue weighted by molar-refractivity contribution is 5.75. The molecule has 0 spiro atoms. The molecule has 0 aromatic carbocycles. The minimum absolute atomic E-state index is 0.272. The molecule has 1 rings (SSSR count). The van der Waals surface area contributed by atoms with Crippen LogP contribution in [0.25, 0.3) is 0 Å². The molecule has 0 saturated carbocycles. The Morgan fingerprint density at radius 2 is 2.50 bits per heavy atom. The number of carbonyl (C=O) groups excluding carboxylic acids is 1. The van der Waals surface area contributed by atoms with Crippen LogP contribution in [0.2, 0.25) is 0 Å². The minimum atomic E-state index is -0.411. The maximum absolute atomic E-state index is 10.8. The van der Waals surface area contributed by atoms with Gasteiger partial charge in [-0.05, 0) is 0 Å². The van der Waals surface area contributed by atoms with E-state index in [1.807, 2.05) is 0 Å². The molecule has 0 bridgehead atoms. The zero-order chi connectivity index (χ0) is 7.40. The predicted molar refractivity (Wildman–Crippen MR) is 35.5 cm³/mol. The van der Waals surface area contributed by atoms with Crippen LogP contribution in [0.5, 0.6) is 0 Å². The summed E-state index contributed by atoms with van der Waals surface area (Å²) in [4.78, 5) is 10.8. The fourth-order valence-corrected chi connectivity index (χ4v) is 0.809. The molecule has 3 heteroatoms. The molecule has 0 aromatic rings. The van der Waals surface area contributed by atoms with E-state index < -0.39 is 6.10 Å². The van der Waals surface area contributed by atoms with Crippen molar-refractivity contribution in [1.82, 2.24) is 0 Å². The summed E-state index contributed by atoms with van der Waals surface area (Å²) in [6.07, 6.45) is 1.78. The first-order chi connectivity index (χ1) is 4.84. The van der Waals surface area contributed by atoms with Crippen LogP contribution in [0.15, 0.2) is 12.7 Å². The maximum atomic E-state index is 10.8. The molecule has 1 fully saturated rings. The van der Waals surface area contributed by atoms with Gasteiger partial charge in [-0.25, -0.2) is 4.79 Å². The average Bonchev–Trinajstić information content (AvgIpc) is 1.94. The van der Waals surface area contributed by atoms with Gasteiger partial charge in [0.05, 0.1) is 6.61 Å². The van der Waals surface area contributed by atoms with Gasteiger partial charge in [-0.2, -0.15) is 0 Å². The zero-order valence-corrected chi connectivity index (χ0v) is 5.71. The first-order valence-electron chi connectivity index (χ1n) is 3.23. The third-order valence-corrected chi connectivity index (χ3v) is 1.29. The number of carbonyl (C=O) groups is 1. The van der Waals surface area contributed by atoms with Gasteiger partial charge in [0.2, 0.25) is 0 Å². The summed E-state index contributed by atoms with van der Waals surface area (Å²) < 4.78 is 9.82. The van der Waals surface area contributed by atoms with Crippen LogP contribution in [-0.4, -0.2) is 25.3 Å². The highest BCUT2D eigenvalue weighted by Crippen LogP contribution is 2.06. The molecule has 1 aliphatic heterocycles. The van der Waals surface area contributed by atoms with Gasteiger partial charge < -0.3 is 9.47 Å². The summed E-state index contributed by atoms with van der Waals surface area (Å²) in [5.41, 5.74) is 0. The summed E-state index contributed by atoms with van der Waals surface area (Å²) in [6.45, 7) is 4.39. The fraction of sp³-hybridized carbons (Fsp3) is 0.571. The van der Waals surface area contributed by atoms with E-state index >= 15 is 0 Å². The number of cyclic esters (lactones) is 1. The zero-order valence-electron chi connectivity index (χ0n) is 5.71. The van der Waals surface area contributed by atoms with Gasteiger partial charge in [-0.15, -0.1) is 6.58 Å². The minimum Gasteiger partial charge on any atom is -0.461 e. The Labute approximate surface area is 59.6 Å². The molecule has 1 heterocycles. The van der Waals surface area contributed by atoms with Crippen LogP contribution in [-0.2, 0) is 14.3 Å². The fourth-order valence-electron chi connectivity index (χ4n) is 0.809.